The maximum Gasteiger partial charge on any atom is 0.335 e. The van der Waals surface area contributed by atoms with Crippen molar-refractivity contribution in [3.8, 4) is 11.5 Å². The van der Waals surface area contributed by atoms with Gasteiger partial charge in [-0.3, -0.25) is 0 Å². The van der Waals surface area contributed by atoms with Crippen molar-refractivity contribution >= 4 is 11.5 Å². The average Bonchev–Trinajstić information content (AvgIpc) is 2.97. The minimum absolute atomic E-state index is 0.138. The molecule has 1 aromatic carbocycles. The van der Waals surface area contributed by atoms with E-state index in [0.717, 1.165) is 5.57 Å². The van der Waals surface area contributed by atoms with Crippen LogP contribution in [0.2, 0.25) is 0 Å². The number of carboxylic acid groups (broad SMARTS) is 1. The highest BCUT2D eigenvalue weighted by Crippen LogP contribution is 2.22. The predicted octanol–water partition coefficient (Wildman–Crippen LogP) is 4.10. The molecule has 0 aliphatic carbocycles. The molecule has 0 bridgehead atoms. The maximum absolute atomic E-state index is 12.8. The molecule has 0 aliphatic rings. The summed E-state index contributed by atoms with van der Waals surface area (Å²) in [5.74, 6) is -0.766. The van der Waals surface area contributed by atoms with Crippen LogP contribution in [0.15, 0.2) is 46.8 Å². The van der Waals surface area contributed by atoms with Gasteiger partial charge >= 0.3 is 5.97 Å². The van der Waals surface area contributed by atoms with Gasteiger partial charge in [-0.15, -0.1) is 0 Å². The summed E-state index contributed by atoms with van der Waals surface area (Å²) < 4.78 is 18.0. The van der Waals surface area contributed by atoms with Crippen LogP contribution in [-0.4, -0.2) is 21.2 Å². The van der Waals surface area contributed by atoms with Crippen molar-refractivity contribution in [3.05, 3.63) is 53.6 Å². The van der Waals surface area contributed by atoms with Gasteiger partial charge in [-0.25, -0.2) is 9.18 Å². The van der Waals surface area contributed by atoms with Crippen molar-refractivity contribution in [2.45, 2.75) is 20.3 Å². The van der Waals surface area contributed by atoms with Crippen molar-refractivity contribution in [2.24, 2.45) is 0 Å². The number of carbonyl (C=O) groups is 1. The Morgan fingerprint density at radius 1 is 1.41 bits per heavy atom. The van der Waals surface area contributed by atoms with Crippen LogP contribution in [0.3, 0.4) is 0 Å². The van der Waals surface area contributed by atoms with Crippen LogP contribution >= 0.6 is 0 Å². The molecule has 5 nitrogen and oxygen atoms in total. The van der Waals surface area contributed by atoms with E-state index < -0.39 is 5.97 Å². The highest BCUT2D eigenvalue weighted by molar-refractivity contribution is 5.89. The molecule has 114 valence electrons. The SMILES string of the molecule is CC/C(=C\C=C(/C)F)c1noc(-c2cccc(C(=O)O)c2)n1. The number of nitrogens with zero attached hydrogens (tertiary/aromatic N) is 2. The summed E-state index contributed by atoms with van der Waals surface area (Å²) >= 11 is 0. The number of aromatic carboxylic acids is 1. The highest BCUT2D eigenvalue weighted by Gasteiger charge is 2.13. The van der Waals surface area contributed by atoms with Gasteiger partial charge < -0.3 is 9.63 Å². The van der Waals surface area contributed by atoms with Gasteiger partial charge in [0, 0.05) is 11.1 Å². The smallest absolute Gasteiger partial charge is 0.335 e. The predicted molar refractivity (Wildman–Crippen MR) is 79.8 cm³/mol. The lowest BCUT2D eigenvalue weighted by atomic mass is 10.1. The van der Waals surface area contributed by atoms with Crippen LogP contribution < -0.4 is 0 Å². The Hall–Kier alpha value is -2.76. The van der Waals surface area contributed by atoms with E-state index in [4.69, 9.17) is 9.63 Å². The number of hydrogen-bond donors (Lipinski definition) is 1. The minimum atomic E-state index is -1.03. The van der Waals surface area contributed by atoms with Crippen LogP contribution in [0.5, 0.6) is 0 Å². The van der Waals surface area contributed by atoms with Crippen LogP contribution in [0, 0.1) is 0 Å². The molecule has 22 heavy (non-hydrogen) atoms. The summed E-state index contributed by atoms with van der Waals surface area (Å²) in [6, 6.07) is 6.23. The summed E-state index contributed by atoms with van der Waals surface area (Å²) in [7, 11) is 0. The second-order valence-corrected chi connectivity index (χ2v) is 4.61. The second-order valence-electron chi connectivity index (χ2n) is 4.61. The van der Waals surface area contributed by atoms with Gasteiger partial charge in [-0.1, -0.05) is 24.2 Å². The van der Waals surface area contributed by atoms with Crippen molar-refractivity contribution in [1.29, 1.82) is 0 Å². The first-order chi connectivity index (χ1) is 10.5. The van der Waals surface area contributed by atoms with E-state index in [1.807, 2.05) is 6.92 Å². The van der Waals surface area contributed by atoms with E-state index in [-0.39, 0.29) is 17.3 Å². The first-order valence-electron chi connectivity index (χ1n) is 6.72. The maximum atomic E-state index is 12.8. The molecule has 2 aromatic rings. The molecular formula is C16H15FN2O3. The largest absolute Gasteiger partial charge is 0.478 e. The Balaban J connectivity index is 2.35. The number of aromatic nitrogens is 2. The lowest BCUT2D eigenvalue weighted by molar-refractivity contribution is 0.0697. The molecule has 6 heteroatoms. The molecule has 0 atom stereocenters. The number of benzene rings is 1. The molecule has 0 saturated carbocycles. The van der Waals surface area contributed by atoms with Crippen LogP contribution in [-0.2, 0) is 0 Å². The fourth-order valence-corrected chi connectivity index (χ4v) is 1.82. The Kier molecular flexibility index (Phi) is 4.83. The van der Waals surface area contributed by atoms with Gasteiger partial charge in [-0.2, -0.15) is 4.98 Å². The molecule has 0 unspecified atom stereocenters. The molecule has 1 aromatic heterocycles. The molecule has 0 aliphatic heterocycles. The van der Waals surface area contributed by atoms with Crippen molar-refractivity contribution in [2.75, 3.05) is 0 Å². The molecule has 0 radical (unpaired) electrons. The third-order valence-corrected chi connectivity index (χ3v) is 2.96. The number of halogens is 1. The fourth-order valence-electron chi connectivity index (χ4n) is 1.82. The first kappa shape index (κ1) is 15.6. The lowest BCUT2D eigenvalue weighted by Gasteiger charge is -1.97. The molecular weight excluding hydrogens is 287 g/mol. The van der Waals surface area contributed by atoms with Crippen molar-refractivity contribution < 1.29 is 18.8 Å². The zero-order chi connectivity index (χ0) is 16.1. The molecule has 0 fully saturated rings. The summed E-state index contributed by atoms with van der Waals surface area (Å²) in [6.07, 6.45) is 3.54. The van der Waals surface area contributed by atoms with Gasteiger partial charge in [-0.05, 0) is 37.6 Å². The Morgan fingerprint density at radius 2 is 2.18 bits per heavy atom. The van der Waals surface area contributed by atoms with Gasteiger partial charge in [0.25, 0.3) is 5.89 Å². The standard InChI is InChI=1S/C16H15FN2O3/c1-3-11(8-7-10(2)17)14-18-15(22-19-14)12-5-4-6-13(9-12)16(20)21/h4-9H,3H2,1-2H3,(H,20,21)/b10-7+,11-8+. The van der Waals surface area contributed by atoms with E-state index in [2.05, 4.69) is 10.1 Å². The molecule has 0 spiro atoms. The monoisotopic (exact) mass is 302 g/mol. The Bertz CT molecular complexity index is 743. The molecule has 0 saturated heterocycles. The third-order valence-electron chi connectivity index (χ3n) is 2.96. The second kappa shape index (κ2) is 6.80. The molecule has 1 N–H and O–H groups in total. The average molecular weight is 302 g/mol. The number of allylic oxidation sites excluding steroid dienone is 4. The molecule has 0 amide bonds. The minimum Gasteiger partial charge on any atom is -0.478 e. The topological polar surface area (TPSA) is 76.2 Å². The first-order valence-corrected chi connectivity index (χ1v) is 6.72. The van der Waals surface area contributed by atoms with E-state index in [1.165, 1.54) is 25.1 Å². The van der Waals surface area contributed by atoms with E-state index >= 15 is 0 Å². The molecule has 2 rings (SSSR count). The van der Waals surface area contributed by atoms with Gasteiger partial charge in [0.15, 0.2) is 5.82 Å². The number of hydrogen-bond acceptors (Lipinski definition) is 4. The summed E-state index contributed by atoms with van der Waals surface area (Å²) in [5.41, 5.74) is 1.38. The van der Waals surface area contributed by atoms with Crippen LogP contribution in [0.4, 0.5) is 4.39 Å². The lowest BCUT2D eigenvalue weighted by Crippen LogP contribution is -1.95. The van der Waals surface area contributed by atoms with Crippen molar-refractivity contribution in [3.63, 3.8) is 0 Å². The quantitative estimate of drug-likeness (QED) is 0.841. The Morgan fingerprint density at radius 3 is 2.82 bits per heavy atom. The fraction of sp³-hybridized carbons (Fsp3) is 0.188. The highest BCUT2D eigenvalue weighted by atomic mass is 19.1. The summed E-state index contributed by atoms with van der Waals surface area (Å²) in [5, 5.41) is 12.9. The van der Waals surface area contributed by atoms with Gasteiger partial charge in [0.1, 0.15) is 0 Å². The van der Waals surface area contributed by atoms with E-state index in [9.17, 15) is 9.18 Å². The van der Waals surface area contributed by atoms with Crippen LogP contribution in [0.1, 0.15) is 36.5 Å². The summed E-state index contributed by atoms with van der Waals surface area (Å²) in [6.45, 7) is 3.25. The van der Waals surface area contributed by atoms with Crippen LogP contribution in [0.25, 0.3) is 17.0 Å². The van der Waals surface area contributed by atoms with Gasteiger partial charge in [0.05, 0.1) is 11.4 Å². The number of carboxylic acids is 1. The molecule has 1 heterocycles. The zero-order valence-electron chi connectivity index (χ0n) is 12.2. The number of rotatable bonds is 5. The summed E-state index contributed by atoms with van der Waals surface area (Å²) in [4.78, 5) is 15.2. The zero-order valence-corrected chi connectivity index (χ0v) is 12.2. The van der Waals surface area contributed by atoms with Crippen molar-refractivity contribution in [1.82, 2.24) is 10.1 Å². The Labute approximate surface area is 126 Å². The van der Waals surface area contributed by atoms with E-state index in [0.29, 0.717) is 17.8 Å². The van der Waals surface area contributed by atoms with Gasteiger partial charge in [0.2, 0.25) is 0 Å². The van der Waals surface area contributed by atoms with E-state index in [1.54, 1.807) is 18.2 Å². The normalized spacial score (nSPS) is 12.5. The third kappa shape index (κ3) is 3.66.